The topological polar surface area (TPSA) is 58.6 Å². The van der Waals surface area contributed by atoms with Crippen molar-refractivity contribution in [1.29, 1.82) is 0 Å². The first-order valence-corrected chi connectivity index (χ1v) is 7.33. The minimum atomic E-state index is -0.0864. The first-order chi connectivity index (χ1) is 10.0. The van der Waals surface area contributed by atoms with Crippen LogP contribution in [0.4, 0.5) is 0 Å². The van der Waals surface area contributed by atoms with Gasteiger partial charge in [-0.05, 0) is 30.4 Å². The number of ether oxygens (including phenoxy) is 1. The van der Waals surface area contributed by atoms with Crippen molar-refractivity contribution in [2.75, 3.05) is 19.8 Å². The van der Waals surface area contributed by atoms with E-state index in [9.17, 15) is 9.90 Å². The fraction of sp³-hybridized carbons (Fsp3) is 0.471. The summed E-state index contributed by atoms with van der Waals surface area (Å²) in [6.07, 6.45) is 3.61. The summed E-state index contributed by atoms with van der Waals surface area (Å²) >= 11 is 0. The summed E-state index contributed by atoms with van der Waals surface area (Å²) < 4.78 is 5.57. The highest BCUT2D eigenvalue weighted by molar-refractivity contribution is 5.99. The van der Waals surface area contributed by atoms with Gasteiger partial charge in [-0.15, -0.1) is 0 Å². The average Bonchev–Trinajstić information content (AvgIpc) is 2.51. The number of aliphatic hydroxyl groups excluding tert-OH is 1. The highest BCUT2D eigenvalue weighted by Crippen LogP contribution is 2.25. The van der Waals surface area contributed by atoms with Gasteiger partial charge in [-0.25, -0.2) is 0 Å². The number of hydrogen-bond acceptors (Lipinski definition) is 3. The lowest BCUT2D eigenvalue weighted by molar-refractivity contribution is -0.117. The SMILES string of the molecule is CC(C)(CO)CCCNC(=O)C1=Cc2ccccc2OC1. The molecule has 0 atom stereocenters. The van der Waals surface area contributed by atoms with Gasteiger partial charge in [0.05, 0.1) is 5.57 Å². The Balaban J connectivity index is 1.84. The molecule has 0 saturated heterocycles. The van der Waals surface area contributed by atoms with Gasteiger partial charge in [0.2, 0.25) is 0 Å². The van der Waals surface area contributed by atoms with Crippen LogP contribution in [-0.2, 0) is 4.79 Å². The normalized spacial score (nSPS) is 14.0. The van der Waals surface area contributed by atoms with Crippen molar-refractivity contribution in [1.82, 2.24) is 5.32 Å². The first-order valence-electron chi connectivity index (χ1n) is 7.33. The molecule has 0 spiro atoms. The molecule has 0 radical (unpaired) electrons. The van der Waals surface area contributed by atoms with E-state index in [0.29, 0.717) is 18.7 Å². The maximum absolute atomic E-state index is 12.1. The molecule has 0 bridgehead atoms. The number of nitrogens with one attached hydrogen (secondary N) is 1. The maximum atomic E-state index is 12.1. The molecule has 21 heavy (non-hydrogen) atoms. The monoisotopic (exact) mass is 289 g/mol. The van der Waals surface area contributed by atoms with Gasteiger partial charge in [-0.3, -0.25) is 4.79 Å². The van der Waals surface area contributed by atoms with Gasteiger partial charge in [0.1, 0.15) is 12.4 Å². The van der Waals surface area contributed by atoms with Crippen molar-refractivity contribution in [2.24, 2.45) is 5.41 Å². The number of benzene rings is 1. The quantitative estimate of drug-likeness (QED) is 0.791. The Kier molecular flexibility index (Phi) is 5.02. The van der Waals surface area contributed by atoms with Crippen molar-refractivity contribution >= 4 is 12.0 Å². The van der Waals surface area contributed by atoms with Gasteiger partial charge >= 0.3 is 0 Å². The molecular formula is C17H23NO3. The number of carbonyl (C=O) groups excluding carboxylic acids is 1. The van der Waals surface area contributed by atoms with Gasteiger partial charge in [0.25, 0.3) is 5.91 Å². The van der Waals surface area contributed by atoms with Crippen LogP contribution in [0.2, 0.25) is 0 Å². The van der Waals surface area contributed by atoms with Crippen LogP contribution >= 0.6 is 0 Å². The Morgan fingerprint density at radius 2 is 2.14 bits per heavy atom. The fourth-order valence-electron chi connectivity index (χ4n) is 2.21. The zero-order valence-corrected chi connectivity index (χ0v) is 12.7. The fourth-order valence-corrected chi connectivity index (χ4v) is 2.21. The smallest absolute Gasteiger partial charge is 0.250 e. The summed E-state index contributed by atoms with van der Waals surface area (Å²) in [7, 11) is 0. The zero-order valence-electron chi connectivity index (χ0n) is 12.7. The van der Waals surface area contributed by atoms with Gasteiger partial charge in [0, 0.05) is 18.7 Å². The minimum Gasteiger partial charge on any atom is -0.488 e. The summed E-state index contributed by atoms with van der Waals surface area (Å²) in [6.45, 7) is 5.12. The van der Waals surface area contributed by atoms with Gasteiger partial charge in [0.15, 0.2) is 0 Å². The van der Waals surface area contributed by atoms with Crippen LogP contribution in [0.15, 0.2) is 29.8 Å². The standard InChI is InChI=1S/C17H23NO3/c1-17(2,12-19)8-5-9-18-16(20)14-10-13-6-3-4-7-15(13)21-11-14/h3-4,6-7,10,19H,5,8-9,11-12H2,1-2H3,(H,18,20). The lowest BCUT2D eigenvalue weighted by atomic mass is 9.89. The van der Waals surface area contributed by atoms with E-state index in [1.54, 1.807) is 0 Å². The van der Waals surface area contributed by atoms with E-state index in [4.69, 9.17) is 4.74 Å². The largest absolute Gasteiger partial charge is 0.488 e. The summed E-state index contributed by atoms with van der Waals surface area (Å²) in [5, 5.41) is 12.1. The molecule has 0 fully saturated rings. The van der Waals surface area contributed by atoms with E-state index in [2.05, 4.69) is 5.32 Å². The third-order valence-electron chi connectivity index (χ3n) is 3.67. The number of amides is 1. The predicted octanol–water partition coefficient (Wildman–Crippen LogP) is 2.38. The second kappa shape index (κ2) is 6.76. The molecular weight excluding hydrogens is 266 g/mol. The Hall–Kier alpha value is -1.81. The van der Waals surface area contributed by atoms with Gasteiger partial charge in [-0.2, -0.15) is 0 Å². The van der Waals surface area contributed by atoms with Crippen molar-refractivity contribution in [3.05, 3.63) is 35.4 Å². The van der Waals surface area contributed by atoms with E-state index in [1.165, 1.54) is 0 Å². The molecule has 1 aliphatic heterocycles. The van der Waals surface area contributed by atoms with Crippen molar-refractivity contribution in [2.45, 2.75) is 26.7 Å². The number of rotatable bonds is 6. The Labute approximate surface area is 125 Å². The molecule has 2 rings (SSSR count). The summed E-state index contributed by atoms with van der Waals surface area (Å²) in [4.78, 5) is 12.1. The van der Waals surface area contributed by atoms with Crippen LogP contribution in [0.25, 0.3) is 6.08 Å². The molecule has 0 aliphatic carbocycles. The number of hydrogen-bond donors (Lipinski definition) is 2. The molecule has 4 nitrogen and oxygen atoms in total. The molecule has 1 aromatic carbocycles. The lowest BCUT2D eigenvalue weighted by Gasteiger charge is -2.21. The van der Waals surface area contributed by atoms with E-state index in [-0.39, 0.29) is 17.9 Å². The number of fused-ring (bicyclic) bond motifs is 1. The minimum absolute atomic E-state index is 0.0775. The van der Waals surface area contributed by atoms with Crippen LogP contribution in [-0.4, -0.2) is 30.8 Å². The van der Waals surface area contributed by atoms with E-state index in [0.717, 1.165) is 24.2 Å². The third-order valence-corrected chi connectivity index (χ3v) is 3.67. The molecule has 2 N–H and O–H groups in total. The molecule has 0 saturated carbocycles. The Bertz CT molecular complexity index is 535. The van der Waals surface area contributed by atoms with Gasteiger partial charge < -0.3 is 15.2 Å². The van der Waals surface area contributed by atoms with Crippen molar-refractivity contribution in [3.8, 4) is 5.75 Å². The van der Waals surface area contributed by atoms with Crippen LogP contribution in [0.1, 0.15) is 32.3 Å². The predicted molar refractivity (Wildman–Crippen MR) is 83.0 cm³/mol. The van der Waals surface area contributed by atoms with Crippen molar-refractivity contribution in [3.63, 3.8) is 0 Å². The van der Waals surface area contributed by atoms with Crippen LogP contribution < -0.4 is 10.1 Å². The van der Waals surface area contributed by atoms with Crippen molar-refractivity contribution < 1.29 is 14.6 Å². The summed E-state index contributed by atoms with van der Waals surface area (Å²) in [5.74, 6) is 0.741. The van der Waals surface area contributed by atoms with Gasteiger partial charge in [-0.1, -0.05) is 32.0 Å². The summed E-state index contributed by atoms with van der Waals surface area (Å²) in [5.41, 5.74) is 1.50. The highest BCUT2D eigenvalue weighted by Gasteiger charge is 2.18. The number of carbonyl (C=O) groups is 1. The van der Waals surface area contributed by atoms with Crippen LogP contribution in [0, 0.1) is 5.41 Å². The number of aliphatic hydroxyl groups is 1. The third kappa shape index (κ3) is 4.33. The molecule has 4 heteroatoms. The Morgan fingerprint density at radius 3 is 2.90 bits per heavy atom. The maximum Gasteiger partial charge on any atom is 0.250 e. The molecule has 1 aromatic rings. The zero-order chi connectivity index (χ0) is 15.3. The van der Waals surface area contributed by atoms with E-state index < -0.39 is 0 Å². The second-order valence-corrected chi connectivity index (χ2v) is 6.18. The lowest BCUT2D eigenvalue weighted by Crippen LogP contribution is -2.30. The van der Waals surface area contributed by atoms with Crippen LogP contribution in [0.5, 0.6) is 5.75 Å². The molecule has 0 aromatic heterocycles. The highest BCUT2D eigenvalue weighted by atomic mass is 16.5. The summed E-state index contributed by atoms with van der Waals surface area (Å²) in [6, 6.07) is 7.68. The number of para-hydroxylation sites is 1. The molecule has 0 unspecified atom stereocenters. The van der Waals surface area contributed by atoms with Crippen LogP contribution in [0.3, 0.4) is 0 Å². The average molecular weight is 289 g/mol. The molecule has 1 aliphatic rings. The molecule has 1 heterocycles. The first kappa shape index (κ1) is 15.6. The second-order valence-electron chi connectivity index (χ2n) is 6.18. The Morgan fingerprint density at radius 1 is 1.38 bits per heavy atom. The molecule has 114 valence electrons. The molecule has 1 amide bonds. The van der Waals surface area contributed by atoms with E-state index in [1.807, 2.05) is 44.2 Å². The van der Waals surface area contributed by atoms with E-state index >= 15 is 0 Å².